The molecular weight excluding hydrogens is 416 g/mol. The topological polar surface area (TPSA) is 142 Å². The summed E-state index contributed by atoms with van der Waals surface area (Å²) in [5.41, 5.74) is 6.03. The van der Waals surface area contributed by atoms with E-state index in [0.717, 1.165) is 6.42 Å². The average molecular weight is 449 g/mol. The lowest BCUT2D eigenvalue weighted by Crippen LogP contribution is -2.76. The van der Waals surface area contributed by atoms with Gasteiger partial charge in [0.25, 0.3) is 5.91 Å². The van der Waals surface area contributed by atoms with Crippen molar-refractivity contribution in [2.75, 3.05) is 13.1 Å². The molecule has 2 aliphatic heterocycles. The van der Waals surface area contributed by atoms with Crippen LogP contribution in [0.1, 0.15) is 51.5 Å². The first-order valence-electron chi connectivity index (χ1n) is 11.0. The van der Waals surface area contributed by atoms with Gasteiger partial charge in [0, 0.05) is 12.1 Å². The van der Waals surface area contributed by atoms with Crippen molar-refractivity contribution in [2.24, 2.45) is 11.7 Å². The van der Waals surface area contributed by atoms with Crippen molar-refractivity contribution in [2.45, 2.75) is 71.4 Å². The van der Waals surface area contributed by atoms with Crippen LogP contribution in [0.4, 0.5) is 0 Å². The molecule has 0 aromatic carbocycles. The van der Waals surface area contributed by atoms with E-state index < -0.39 is 42.0 Å². The number of fused-ring (bicyclic) bond motifs is 1. The molecule has 176 valence electrons. The number of aromatic nitrogens is 1. The minimum Gasteiger partial charge on any atom is -0.364 e. The first-order chi connectivity index (χ1) is 15.1. The molecule has 11 heteroatoms. The van der Waals surface area contributed by atoms with Crippen LogP contribution in [-0.2, 0) is 14.4 Å². The largest absolute Gasteiger partial charge is 0.364 e. The number of carbonyl (C=O) groups is 4. The summed E-state index contributed by atoms with van der Waals surface area (Å²) in [5, 5.41) is 6.41. The molecule has 3 unspecified atom stereocenters. The second-order valence-corrected chi connectivity index (χ2v) is 8.82. The zero-order valence-corrected chi connectivity index (χ0v) is 19.1. The SMILES string of the molecule is CCC(C)N1CC2N(C(=O)c3ccon3)C[C@H](NC(=O)C(N)C(C)C)C(=O)N2[C@@H](C)C1=O. The van der Waals surface area contributed by atoms with Gasteiger partial charge in [-0.05, 0) is 26.2 Å². The lowest BCUT2D eigenvalue weighted by atomic mass is 9.99. The summed E-state index contributed by atoms with van der Waals surface area (Å²) in [7, 11) is 0. The summed E-state index contributed by atoms with van der Waals surface area (Å²) in [6.07, 6.45) is 1.35. The smallest absolute Gasteiger partial charge is 0.277 e. The third-order valence-electron chi connectivity index (χ3n) is 6.41. The predicted octanol–water partition coefficient (Wildman–Crippen LogP) is -0.218. The molecular formula is C21H32N6O5. The zero-order valence-electron chi connectivity index (χ0n) is 19.1. The van der Waals surface area contributed by atoms with Gasteiger partial charge in [-0.2, -0.15) is 0 Å². The van der Waals surface area contributed by atoms with Crippen LogP contribution in [0.25, 0.3) is 0 Å². The van der Waals surface area contributed by atoms with Gasteiger partial charge in [0.1, 0.15) is 24.5 Å². The van der Waals surface area contributed by atoms with Gasteiger partial charge in [0.05, 0.1) is 19.1 Å². The average Bonchev–Trinajstić information content (AvgIpc) is 3.30. The molecule has 11 nitrogen and oxygen atoms in total. The minimum atomic E-state index is -1.02. The molecule has 0 bridgehead atoms. The van der Waals surface area contributed by atoms with Crippen LogP contribution in [0, 0.1) is 5.92 Å². The highest BCUT2D eigenvalue weighted by atomic mass is 16.5. The third-order valence-corrected chi connectivity index (χ3v) is 6.41. The van der Waals surface area contributed by atoms with Crippen LogP contribution in [0.5, 0.6) is 0 Å². The lowest BCUT2D eigenvalue weighted by Gasteiger charge is -2.54. The van der Waals surface area contributed by atoms with E-state index in [1.165, 1.54) is 22.1 Å². The van der Waals surface area contributed by atoms with Crippen LogP contribution < -0.4 is 11.1 Å². The minimum absolute atomic E-state index is 0.0485. The summed E-state index contributed by atoms with van der Waals surface area (Å²) in [4.78, 5) is 56.8. The van der Waals surface area contributed by atoms with Crippen LogP contribution in [0.3, 0.4) is 0 Å². The maximum Gasteiger partial charge on any atom is 0.277 e. The number of rotatable bonds is 6. The van der Waals surface area contributed by atoms with Crippen molar-refractivity contribution in [3.05, 3.63) is 18.0 Å². The number of nitrogens with one attached hydrogen (secondary N) is 1. The number of carbonyl (C=O) groups excluding carboxylic acids is 4. The Morgan fingerprint density at radius 2 is 1.94 bits per heavy atom. The molecule has 0 radical (unpaired) electrons. The van der Waals surface area contributed by atoms with Crippen molar-refractivity contribution in [1.29, 1.82) is 0 Å². The van der Waals surface area contributed by atoms with Crippen molar-refractivity contribution >= 4 is 23.6 Å². The quantitative estimate of drug-likeness (QED) is 0.613. The van der Waals surface area contributed by atoms with Gasteiger partial charge in [-0.15, -0.1) is 0 Å². The Hall–Kier alpha value is -2.95. The van der Waals surface area contributed by atoms with Gasteiger partial charge in [-0.1, -0.05) is 25.9 Å². The fourth-order valence-corrected chi connectivity index (χ4v) is 4.12. The van der Waals surface area contributed by atoms with E-state index in [1.807, 2.05) is 13.8 Å². The normalized spacial score (nSPS) is 25.6. The molecule has 3 heterocycles. The van der Waals surface area contributed by atoms with Gasteiger partial charge in [-0.3, -0.25) is 19.2 Å². The highest BCUT2D eigenvalue weighted by Gasteiger charge is 2.51. The van der Waals surface area contributed by atoms with Crippen LogP contribution in [0.2, 0.25) is 0 Å². The summed E-state index contributed by atoms with van der Waals surface area (Å²) in [6, 6.07) is -1.23. The first kappa shape index (κ1) is 23.7. The highest BCUT2D eigenvalue weighted by molar-refractivity contribution is 5.98. The number of amides is 4. The maximum atomic E-state index is 13.4. The number of hydrogen-bond acceptors (Lipinski definition) is 7. The van der Waals surface area contributed by atoms with Crippen molar-refractivity contribution in [3.8, 4) is 0 Å². The fraction of sp³-hybridized carbons (Fsp3) is 0.667. The van der Waals surface area contributed by atoms with E-state index in [9.17, 15) is 19.2 Å². The Labute approximate surface area is 187 Å². The van der Waals surface area contributed by atoms with Gasteiger partial charge >= 0.3 is 0 Å². The van der Waals surface area contributed by atoms with Crippen molar-refractivity contribution in [1.82, 2.24) is 25.2 Å². The van der Waals surface area contributed by atoms with E-state index in [2.05, 4.69) is 10.5 Å². The van der Waals surface area contributed by atoms with Gasteiger partial charge in [0.15, 0.2) is 5.69 Å². The molecule has 1 aromatic rings. The molecule has 5 atom stereocenters. The summed E-state index contributed by atoms with van der Waals surface area (Å²) in [5.74, 6) is -1.66. The third kappa shape index (κ3) is 4.21. The fourth-order valence-electron chi connectivity index (χ4n) is 4.12. The highest BCUT2D eigenvalue weighted by Crippen LogP contribution is 2.28. The van der Waals surface area contributed by atoms with Crippen LogP contribution in [0.15, 0.2) is 16.9 Å². The molecule has 2 saturated heterocycles. The number of nitrogens with zero attached hydrogens (tertiary/aromatic N) is 4. The van der Waals surface area contributed by atoms with E-state index in [4.69, 9.17) is 10.3 Å². The van der Waals surface area contributed by atoms with E-state index in [0.29, 0.717) is 0 Å². The standard InChI is InChI=1S/C21H32N6O5/c1-6-12(4)25-10-16-26(20(30)14-7-8-32-24-14)9-15(23-18(28)17(22)11(2)3)21(31)27(16)13(5)19(25)29/h7-8,11-13,15-17H,6,9-10,22H2,1-5H3,(H,23,28)/t12?,13-,15-,16?,17?/m0/s1. The molecule has 2 fully saturated rings. The second-order valence-electron chi connectivity index (χ2n) is 8.82. The predicted molar refractivity (Wildman–Crippen MR) is 114 cm³/mol. The van der Waals surface area contributed by atoms with Crippen LogP contribution in [-0.4, -0.2) is 86.9 Å². The molecule has 3 N–H and O–H groups in total. The molecule has 0 aliphatic carbocycles. The van der Waals surface area contributed by atoms with Gasteiger partial charge < -0.3 is 30.3 Å². The Morgan fingerprint density at radius 1 is 1.25 bits per heavy atom. The molecule has 32 heavy (non-hydrogen) atoms. The van der Waals surface area contributed by atoms with Crippen molar-refractivity contribution < 1.29 is 23.7 Å². The summed E-state index contributed by atoms with van der Waals surface area (Å²) < 4.78 is 4.82. The number of piperazine rings is 1. The Balaban J connectivity index is 1.95. The Bertz CT molecular complexity index is 872. The summed E-state index contributed by atoms with van der Waals surface area (Å²) >= 11 is 0. The second kappa shape index (κ2) is 9.27. The van der Waals surface area contributed by atoms with E-state index in [-0.39, 0.29) is 36.7 Å². The Morgan fingerprint density at radius 3 is 2.50 bits per heavy atom. The number of hydrogen-bond donors (Lipinski definition) is 2. The first-order valence-corrected chi connectivity index (χ1v) is 11.0. The summed E-state index contributed by atoms with van der Waals surface area (Å²) in [6.45, 7) is 9.28. The molecule has 0 spiro atoms. The van der Waals surface area contributed by atoms with Crippen LogP contribution >= 0.6 is 0 Å². The van der Waals surface area contributed by atoms with E-state index >= 15 is 0 Å². The molecule has 0 saturated carbocycles. The molecule has 3 rings (SSSR count). The van der Waals surface area contributed by atoms with Gasteiger partial charge in [-0.25, -0.2) is 0 Å². The molecule has 4 amide bonds. The zero-order chi connectivity index (χ0) is 23.7. The van der Waals surface area contributed by atoms with E-state index in [1.54, 1.807) is 25.7 Å². The molecule has 1 aromatic heterocycles. The molecule has 2 aliphatic rings. The van der Waals surface area contributed by atoms with Gasteiger partial charge in [0.2, 0.25) is 17.7 Å². The lowest BCUT2D eigenvalue weighted by molar-refractivity contribution is -0.170. The monoisotopic (exact) mass is 448 g/mol. The van der Waals surface area contributed by atoms with Crippen molar-refractivity contribution in [3.63, 3.8) is 0 Å². The Kier molecular flexibility index (Phi) is 6.87. The maximum absolute atomic E-state index is 13.4. The number of nitrogens with two attached hydrogens (primary N) is 1.